The van der Waals surface area contributed by atoms with E-state index in [1.807, 2.05) is 42.2 Å². The zero-order valence-electron chi connectivity index (χ0n) is 16.0. The van der Waals surface area contributed by atoms with E-state index in [9.17, 15) is 9.59 Å². The number of piperidine rings is 1. The Hall–Kier alpha value is -2.93. The fourth-order valence-corrected chi connectivity index (χ4v) is 3.47. The van der Waals surface area contributed by atoms with Crippen LogP contribution in [0.2, 0.25) is 0 Å². The number of amides is 1. The van der Waals surface area contributed by atoms with Crippen molar-refractivity contribution in [2.45, 2.75) is 25.8 Å². The van der Waals surface area contributed by atoms with Gasteiger partial charge >= 0.3 is 5.97 Å². The number of hydrogen-bond acceptors (Lipinski definition) is 5. The van der Waals surface area contributed by atoms with Gasteiger partial charge in [-0.3, -0.25) is 14.5 Å². The fourth-order valence-electron chi connectivity index (χ4n) is 3.47. The van der Waals surface area contributed by atoms with Gasteiger partial charge < -0.3 is 14.7 Å². The third kappa shape index (κ3) is 5.07. The number of aliphatic carboxylic acids is 1. The van der Waals surface area contributed by atoms with Gasteiger partial charge in [-0.15, -0.1) is 0 Å². The number of carboxylic acids is 1. The molecule has 0 unspecified atom stereocenters. The largest absolute Gasteiger partial charge is 0.480 e. The third-order valence-corrected chi connectivity index (χ3v) is 4.96. The number of carboxylic acid groups (broad SMARTS) is 1. The summed E-state index contributed by atoms with van der Waals surface area (Å²) in [6, 6.07) is 13.0. The molecule has 0 saturated carbocycles. The van der Waals surface area contributed by atoms with Crippen molar-refractivity contribution in [2.24, 2.45) is 0 Å². The van der Waals surface area contributed by atoms with Crippen LogP contribution >= 0.6 is 0 Å². The van der Waals surface area contributed by atoms with Crippen molar-refractivity contribution in [3.05, 3.63) is 54.2 Å². The highest BCUT2D eigenvalue weighted by Crippen LogP contribution is 2.21. The second-order valence-corrected chi connectivity index (χ2v) is 6.78. The van der Waals surface area contributed by atoms with Gasteiger partial charge in [0.15, 0.2) is 0 Å². The monoisotopic (exact) mass is 383 g/mol. The minimum absolute atomic E-state index is 0.0436. The van der Waals surface area contributed by atoms with Crippen LogP contribution in [0.3, 0.4) is 0 Å². The summed E-state index contributed by atoms with van der Waals surface area (Å²) in [5.41, 5.74) is 0.525. The minimum Gasteiger partial charge on any atom is -0.480 e. The van der Waals surface area contributed by atoms with Gasteiger partial charge in [0.2, 0.25) is 5.88 Å². The van der Waals surface area contributed by atoms with Gasteiger partial charge in [0.1, 0.15) is 5.75 Å². The molecule has 0 atom stereocenters. The maximum absolute atomic E-state index is 12.7. The number of carbonyl (C=O) groups excluding carboxylic acids is 1. The van der Waals surface area contributed by atoms with E-state index < -0.39 is 5.97 Å². The molecule has 1 aliphatic rings. The first-order chi connectivity index (χ1) is 13.6. The van der Waals surface area contributed by atoms with Crippen molar-refractivity contribution in [3.8, 4) is 11.6 Å². The average molecular weight is 383 g/mol. The average Bonchev–Trinajstić information content (AvgIpc) is 2.73. The van der Waals surface area contributed by atoms with Gasteiger partial charge in [-0.1, -0.05) is 25.1 Å². The van der Waals surface area contributed by atoms with Crippen LogP contribution in [-0.4, -0.2) is 64.0 Å². The van der Waals surface area contributed by atoms with E-state index in [0.29, 0.717) is 36.8 Å². The van der Waals surface area contributed by atoms with Gasteiger partial charge in [0, 0.05) is 31.4 Å². The number of likely N-dealkylation sites (N-methyl/N-ethyl adjacent to an activating group) is 1. The Kier molecular flexibility index (Phi) is 6.60. The lowest BCUT2D eigenvalue weighted by molar-refractivity contribution is -0.139. The smallest absolute Gasteiger partial charge is 0.317 e. The number of hydrogen-bond donors (Lipinski definition) is 1. The first-order valence-corrected chi connectivity index (χ1v) is 9.51. The van der Waals surface area contributed by atoms with E-state index in [-0.39, 0.29) is 18.5 Å². The van der Waals surface area contributed by atoms with Crippen molar-refractivity contribution < 1.29 is 19.4 Å². The van der Waals surface area contributed by atoms with Crippen molar-refractivity contribution in [1.82, 2.24) is 14.8 Å². The Morgan fingerprint density at radius 1 is 1.18 bits per heavy atom. The standard InChI is InChI=1S/C21H25N3O4/c1-2-23(15-20(25)26)17-10-12-24(13-11-17)21(27)16-8-9-19(22-14-16)28-18-6-4-3-5-7-18/h3-9,14,17H,2,10-13,15H2,1H3,(H,25,26). The second kappa shape index (κ2) is 9.32. The number of rotatable bonds is 7. The molecule has 148 valence electrons. The molecule has 1 aromatic heterocycles. The highest BCUT2D eigenvalue weighted by Gasteiger charge is 2.27. The van der Waals surface area contributed by atoms with Crippen molar-refractivity contribution in [1.29, 1.82) is 0 Å². The molecule has 0 aliphatic carbocycles. The van der Waals surface area contributed by atoms with Crippen LogP contribution in [0.15, 0.2) is 48.7 Å². The summed E-state index contributed by atoms with van der Waals surface area (Å²) < 4.78 is 5.65. The number of benzene rings is 1. The Labute approximate surface area is 164 Å². The van der Waals surface area contributed by atoms with E-state index in [1.165, 1.54) is 6.20 Å². The molecule has 1 aromatic carbocycles. The Bertz CT molecular complexity index is 787. The van der Waals surface area contributed by atoms with Gasteiger partial charge in [-0.2, -0.15) is 0 Å². The van der Waals surface area contributed by atoms with Gasteiger partial charge in [-0.25, -0.2) is 4.98 Å². The van der Waals surface area contributed by atoms with Crippen LogP contribution in [0.4, 0.5) is 0 Å². The van der Waals surface area contributed by atoms with Crippen LogP contribution < -0.4 is 4.74 Å². The van der Waals surface area contributed by atoms with Crippen LogP contribution in [-0.2, 0) is 4.79 Å². The fraction of sp³-hybridized carbons (Fsp3) is 0.381. The summed E-state index contributed by atoms with van der Waals surface area (Å²) in [7, 11) is 0. The van der Waals surface area contributed by atoms with Crippen molar-refractivity contribution >= 4 is 11.9 Å². The normalized spacial score (nSPS) is 14.9. The molecule has 1 amide bonds. The maximum atomic E-state index is 12.7. The summed E-state index contributed by atoms with van der Waals surface area (Å²) in [6.07, 6.45) is 3.08. The number of carbonyl (C=O) groups is 2. The first kappa shape index (κ1) is 19.8. The Morgan fingerprint density at radius 2 is 1.89 bits per heavy atom. The molecule has 0 spiro atoms. The molecule has 7 heteroatoms. The molecule has 1 saturated heterocycles. The van der Waals surface area contributed by atoms with Crippen molar-refractivity contribution in [2.75, 3.05) is 26.2 Å². The lowest BCUT2D eigenvalue weighted by atomic mass is 10.0. The summed E-state index contributed by atoms with van der Waals surface area (Å²) in [5, 5.41) is 9.03. The van der Waals surface area contributed by atoms with Crippen LogP contribution in [0, 0.1) is 0 Å². The summed E-state index contributed by atoms with van der Waals surface area (Å²) >= 11 is 0. The van der Waals surface area contributed by atoms with Crippen LogP contribution in [0.1, 0.15) is 30.1 Å². The summed E-state index contributed by atoms with van der Waals surface area (Å²) in [5.74, 6) is 0.259. The molecule has 0 radical (unpaired) electrons. The Balaban J connectivity index is 1.55. The first-order valence-electron chi connectivity index (χ1n) is 9.51. The van der Waals surface area contributed by atoms with E-state index in [1.54, 1.807) is 17.0 Å². The molecule has 28 heavy (non-hydrogen) atoms. The quantitative estimate of drug-likeness (QED) is 0.792. The van der Waals surface area contributed by atoms with Gasteiger partial charge in [0.05, 0.1) is 12.1 Å². The summed E-state index contributed by atoms with van der Waals surface area (Å²) in [6.45, 7) is 3.93. The minimum atomic E-state index is -0.816. The predicted molar refractivity (Wildman–Crippen MR) is 105 cm³/mol. The lowest BCUT2D eigenvalue weighted by Gasteiger charge is -2.37. The highest BCUT2D eigenvalue weighted by atomic mass is 16.5. The second-order valence-electron chi connectivity index (χ2n) is 6.78. The Morgan fingerprint density at radius 3 is 2.46 bits per heavy atom. The molecular weight excluding hydrogens is 358 g/mol. The van der Waals surface area contributed by atoms with E-state index in [2.05, 4.69) is 4.98 Å². The highest BCUT2D eigenvalue weighted by molar-refractivity contribution is 5.94. The molecule has 1 fully saturated rings. The number of nitrogens with zero attached hydrogens (tertiary/aromatic N) is 3. The molecule has 1 aliphatic heterocycles. The maximum Gasteiger partial charge on any atom is 0.317 e. The van der Waals surface area contributed by atoms with Crippen LogP contribution in [0.5, 0.6) is 11.6 Å². The molecule has 1 N–H and O–H groups in total. The molecular formula is C21H25N3O4. The lowest BCUT2D eigenvalue weighted by Crippen LogP contribution is -2.48. The summed E-state index contributed by atoms with van der Waals surface area (Å²) in [4.78, 5) is 31.7. The van der Waals surface area contributed by atoms with Crippen LogP contribution in [0.25, 0.3) is 0 Å². The zero-order valence-corrected chi connectivity index (χ0v) is 16.0. The number of para-hydroxylation sites is 1. The van der Waals surface area contributed by atoms with Gasteiger partial charge in [-0.05, 0) is 37.6 Å². The number of ether oxygens (including phenoxy) is 1. The molecule has 0 bridgehead atoms. The molecule has 3 rings (SSSR count). The zero-order chi connectivity index (χ0) is 19.9. The van der Waals surface area contributed by atoms with Gasteiger partial charge in [0.25, 0.3) is 5.91 Å². The van der Waals surface area contributed by atoms with E-state index in [0.717, 1.165) is 12.8 Å². The number of pyridine rings is 1. The number of likely N-dealkylation sites (tertiary alicyclic amines) is 1. The SMILES string of the molecule is CCN(CC(=O)O)C1CCN(C(=O)c2ccc(Oc3ccccc3)nc2)CC1. The molecule has 2 heterocycles. The molecule has 7 nitrogen and oxygen atoms in total. The third-order valence-electron chi connectivity index (χ3n) is 4.96. The van der Waals surface area contributed by atoms with E-state index >= 15 is 0 Å². The number of aromatic nitrogens is 1. The van der Waals surface area contributed by atoms with E-state index in [4.69, 9.17) is 9.84 Å². The molecule has 2 aromatic rings. The van der Waals surface area contributed by atoms with Crippen molar-refractivity contribution in [3.63, 3.8) is 0 Å². The topological polar surface area (TPSA) is 83.0 Å². The predicted octanol–water partition coefficient (Wildman–Crippen LogP) is 2.89.